The zero-order valence-corrected chi connectivity index (χ0v) is 29.0. The summed E-state index contributed by atoms with van der Waals surface area (Å²) in [4.78, 5) is 35.6. The molecule has 0 aromatic heterocycles. The van der Waals surface area contributed by atoms with Crippen LogP contribution in [0.2, 0.25) is 0 Å². The number of esters is 2. The minimum absolute atomic E-state index is 0.130. The molecule has 0 unspecified atom stereocenters. The van der Waals surface area contributed by atoms with Gasteiger partial charge in [0.15, 0.2) is 6.10 Å². The van der Waals surface area contributed by atoms with E-state index in [1.807, 2.05) is 0 Å². The molecule has 0 aliphatic heterocycles. The van der Waals surface area contributed by atoms with Gasteiger partial charge in [0.25, 0.3) is 0 Å². The first-order valence-corrected chi connectivity index (χ1v) is 18.8. The number of ether oxygens (including phenoxy) is 3. The fraction of sp³-hybridized carbons (Fsp3) is 0.919. The number of rotatable bonds is 34. The van der Waals surface area contributed by atoms with E-state index in [0.29, 0.717) is 12.8 Å². The second-order valence-corrected chi connectivity index (χ2v) is 12.8. The minimum atomic E-state index is -0.948. The Bertz CT molecular complexity index is 656. The van der Waals surface area contributed by atoms with E-state index in [2.05, 4.69) is 13.8 Å². The van der Waals surface area contributed by atoms with Crippen molar-refractivity contribution in [3.63, 3.8) is 0 Å². The lowest BCUT2D eigenvalue weighted by Gasteiger charge is -2.17. The lowest BCUT2D eigenvalue weighted by atomic mass is 10.0. The van der Waals surface area contributed by atoms with E-state index in [4.69, 9.17) is 19.9 Å². The predicted molar refractivity (Wildman–Crippen MR) is 182 cm³/mol. The van der Waals surface area contributed by atoms with E-state index in [1.165, 1.54) is 135 Å². The number of nitrogens with two attached hydrogens (primary N) is 1. The average Bonchev–Trinajstić information content (AvgIpc) is 3.00. The lowest BCUT2D eigenvalue weighted by Crippen LogP contribution is -2.31. The summed E-state index contributed by atoms with van der Waals surface area (Å²) in [5.41, 5.74) is 5.07. The van der Waals surface area contributed by atoms with Gasteiger partial charge in [-0.05, 0) is 12.8 Å². The molecule has 0 spiro atoms. The molecule has 1 atom stereocenters. The number of hydrogen-bond acceptors (Lipinski definition) is 6. The van der Waals surface area contributed by atoms with Gasteiger partial charge in [-0.2, -0.15) is 0 Å². The highest BCUT2D eigenvalue weighted by Gasteiger charge is 2.18. The highest BCUT2D eigenvalue weighted by molar-refractivity contribution is 5.70. The predicted octanol–water partition coefficient (Wildman–Crippen LogP) is 10.9. The number of carbonyl (C=O) groups excluding carboxylic acids is 3. The normalized spacial score (nSPS) is 11.8. The number of unbranched alkanes of at least 4 members (excludes halogenated alkanes) is 25. The first-order chi connectivity index (χ1) is 21.5. The highest BCUT2D eigenvalue weighted by Crippen LogP contribution is 2.15. The molecule has 7 nitrogen and oxygen atoms in total. The first-order valence-electron chi connectivity index (χ1n) is 18.8. The van der Waals surface area contributed by atoms with Crippen LogP contribution in [0.3, 0.4) is 0 Å². The van der Waals surface area contributed by atoms with E-state index in [-0.39, 0.29) is 25.2 Å². The van der Waals surface area contributed by atoms with Gasteiger partial charge in [-0.1, -0.05) is 174 Å². The third kappa shape index (κ3) is 33.1. The monoisotopic (exact) mass is 626 g/mol. The van der Waals surface area contributed by atoms with Crippen molar-refractivity contribution in [3.8, 4) is 0 Å². The van der Waals surface area contributed by atoms with Crippen LogP contribution in [0.5, 0.6) is 0 Å². The van der Waals surface area contributed by atoms with Gasteiger partial charge in [-0.3, -0.25) is 9.59 Å². The molecule has 0 heterocycles. The topological polar surface area (TPSA) is 105 Å². The molecule has 0 saturated heterocycles. The smallest absolute Gasteiger partial charge is 0.404 e. The van der Waals surface area contributed by atoms with Gasteiger partial charge < -0.3 is 19.9 Å². The van der Waals surface area contributed by atoms with Crippen LogP contribution in [0.15, 0.2) is 0 Å². The summed E-state index contributed by atoms with van der Waals surface area (Å²) in [7, 11) is 0. The van der Waals surface area contributed by atoms with Crippen molar-refractivity contribution in [1.29, 1.82) is 0 Å². The average molecular weight is 626 g/mol. The first kappa shape index (κ1) is 42.2. The maximum Gasteiger partial charge on any atom is 0.404 e. The summed E-state index contributed by atoms with van der Waals surface area (Å²) in [5, 5.41) is 0. The molecule has 0 rings (SSSR count). The fourth-order valence-corrected chi connectivity index (χ4v) is 5.55. The summed E-state index contributed by atoms with van der Waals surface area (Å²) in [6.45, 7) is 4.17. The molecule has 44 heavy (non-hydrogen) atoms. The van der Waals surface area contributed by atoms with Crippen molar-refractivity contribution >= 4 is 18.0 Å². The molecule has 7 heteroatoms. The molecule has 0 fully saturated rings. The zero-order chi connectivity index (χ0) is 32.4. The Balaban J connectivity index is 3.82. The van der Waals surface area contributed by atoms with E-state index in [9.17, 15) is 14.4 Å². The molecule has 0 aromatic rings. The second kappa shape index (κ2) is 34.1. The maximum absolute atomic E-state index is 12.3. The molecular weight excluding hydrogens is 554 g/mol. The fourth-order valence-electron chi connectivity index (χ4n) is 5.55. The van der Waals surface area contributed by atoms with Crippen LogP contribution in [-0.2, 0) is 23.8 Å². The highest BCUT2D eigenvalue weighted by atomic mass is 16.6. The van der Waals surface area contributed by atoms with Crippen molar-refractivity contribution in [3.05, 3.63) is 0 Å². The van der Waals surface area contributed by atoms with E-state index in [1.54, 1.807) is 0 Å². The molecule has 0 radical (unpaired) electrons. The maximum atomic E-state index is 12.3. The summed E-state index contributed by atoms with van der Waals surface area (Å²) >= 11 is 0. The molecule has 0 saturated carbocycles. The number of amides is 1. The van der Waals surface area contributed by atoms with Crippen LogP contribution >= 0.6 is 0 Å². The van der Waals surface area contributed by atoms with Crippen LogP contribution in [0.4, 0.5) is 4.79 Å². The van der Waals surface area contributed by atoms with E-state index in [0.717, 1.165) is 38.5 Å². The number of primary amides is 1. The molecule has 0 aromatic carbocycles. The quantitative estimate of drug-likeness (QED) is 0.0433. The summed E-state index contributed by atoms with van der Waals surface area (Å²) in [5.74, 6) is -0.685. The third-order valence-electron chi connectivity index (χ3n) is 8.36. The SMILES string of the molecule is CCCCCCCCCCCCCCCCC(=O)OC[C@@H](COC(N)=O)OC(=O)CCCCCCCCCCCCCCC. The molecular formula is C37H71NO6. The van der Waals surface area contributed by atoms with Gasteiger partial charge in [-0.15, -0.1) is 0 Å². The Labute approximate surface area is 271 Å². The molecule has 260 valence electrons. The number of carbonyl (C=O) groups is 3. The van der Waals surface area contributed by atoms with Crippen molar-refractivity contribution in [2.24, 2.45) is 5.73 Å². The second-order valence-electron chi connectivity index (χ2n) is 12.8. The molecule has 1 amide bonds. The van der Waals surface area contributed by atoms with Gasteiger partial charge in [0.2, 0.25) is 0 Å². The minimum Gasteiger partial charge on any atom is -0.462 e. The van der Waals surface area contributed by atoms with Gasteiger partial charge in [0, 0.05) is 12.8 Å². The van der Waals surface area contributed by atoms with Crippen molar-refractivity contribution in [2.45, 2.75) is 206 Å². The van der Waals surface area contributed by atoms with Gasteiger partial charge in [0.1, 0.15) is 13.2 Å². The number of hydrogen-bond donors (Lipinski definition) is 1. The summed E-state index contributed by atoms with van der Waals surface area (Å²) < 4.78 is 15.6. The standard InChI is InChI=1S/C37H71NO6/c1-3-5-7-9-11-13-15-17-19-20-22-24-26-28-30-35(39)42-32-34(33-43-37(38)41)44-36(40)31-29-27-25-23-21-18-16-14-12-10-8-6-4-2/h34H,3-33H2,1-2H3,(H2,38,41)/t34-/m0/s1. The van der Waals surface area contributed by atoms with Crippen LogP contribution in [0, 0.1) is 0 Å². The van der Waals surface area contributed by atoms with Crippen LogP contribution in [0.25, 0.3) is 0 Å². The Morgan fingerprint density at radius 3 is 1.07 bits per heavy atom. The van der Waals surface area contributed by atoms with Gasteiger partial charge >= 0.3 is 18.0 Å². The van der Waals surface area contributed by atoms with Gasteiger partial charge in [-0.25, -0.2) is 4.79 Å². The van der Waals surface area contributed by atoms with E-state index < -0.39 is 12.2 Å². The Morgan fingerprint density at radius 1 is 0.432 bits per heavy atom. The lowest BCUT2D eigenvalue weighted by molar-refractivity contribution is -0.161. The summed E-state index contributed by atoms with van der Waals surface area (Å²) in [6, 6.07) is 0. The molecule has 0 bridgehead atoms. The molecule has 2 N–H and O–H groups in total. The van der Waals surface area contributed by atoms with Gasteiger partial charge in [0.05, 0.1) is 0 Å². The Morgan fingerprint density at radius 2 is 0.727 bits per heavy atom. The van der Waals surface area contributed by atoms with Crippen molar-refractivity contribution < 1.29 is 28.6 Å². The third-order valence-corrected chi connectivity index (χ3v) is 8.36. The van der Waals surface area contributed by atoms with Crippen LogP contribution in [0.1, 0.15) is 200 Å². The zero-order valence-electron chi connectivity index (χ0n) is 29.0. The van der Waals surface area contributed by atoms with E-state index >= 15 is 0 Å². The van der Waals surface area contributed by atoms with Crippen LogP contribution < -0.4 is 5.73 Å². The van der Waals surface area contributed by atoms with Crippen LogP contribution in [-0.4, -0.2) is 37.3 Å². The Kier molecular flexibility index (Phi) is 32.7. The van der Waals surface area contributed by atoms with Crippen molar-refractivity contribution in [1.82, 2.24) is 0 Å². The molecule has 0 aliphatic rings. The largest absolute Gasteiger partial charge is 0.462 e. The Hall–Kier alpha value is -1.79. The summed E-state index contributed by atoms with van der Waals surface area (Å²) in [6.07, 6.45) is 32.6. The molecule has 0 aliphatic carbocycles. The van der Waals surface area contributed by atoms with Crippen molar-refractivity contribution in [2.75, 3.05) is 13.2 Å².